The van der Waals surface area contributed by atoms with Crippen molar-refractivity contribution in [2.24, 2.45) is 0 Å². The fourth-order valence-electron chi connectivity index (χ4n) is 0. The summed E-state index contributed by atoms with van der Waals surface area (Å²) >= 11 is -0.706. The summed E-state index contributed by atoms with van der Waals surface area (Å²) in [5.74, 6) is 0. The number of halogens is 2. The quantitative estimate of drug-likeness (QED) is 0.511. The average molecular weight is 211 g/mol. The molecule has 0 aromatic heterocycles. The van der Waals surface area contributed by atoms with Gasteiger partial charge in [0, 0.05) is 0 Å². The maximum absolute atomic E-state index is 4.91. The summed E-state index contributed by atoms with van der Waals surface area (Å²) in [6, 6.07) is 0. The zero-order valence-electron chi connectivity index (χ0n) is 1.70. The van der Waals surface area contributed by atoms with Gasteiger partial charge in [-0.2, -0.15) is 0 Å². The zero-order valence-corrected chi connectivity index (χ0v) is 5.77. The molecule has 0 aliphatic rings. The van der Waals surface area contributed by atoms with Gasteiger partial charge >= 0.3 is 37.0 Å². The van der Waals surface area contributed by atoms with Crippen molar-refractivity contribution in [3.63, 3.8) is 0 Å². The van der Waals surface area contributed by atoms with Crippen molar-refractivity contribution in [2.45, 2.75) is 0 Å². The van der Waals surface area contributed by atoms with Gasteiger partial charge in [0.2, 0.25) is 0 Å². The van der Waals surface area contributed by atoms with Gasteiger partial charge < -0.3 is 5.48 Å². The van der Waals surface area contributed by atoms with Crippen molar-refractivity contribution in [1.29, 1.82) is 0 Å². The third kappa shape index (κ3) is 10.1. The van der Waals surface area contributed by atoms with Crippen LogP contribution in [0.2, 0.25) is 0 Å². The molecule has 4 heteroatoms. The molecule has 4 heavy (non-hydrogen) atoms. The first-order valence-electron chi connectivity index (χ1n) is 0.338. The van der Waals surface area contributed by atoms with Gasteiger partial charge in [0.25, 0.3) is 0 Å². The van der Waals surface area contributed by atoms with E-state index in [1.807, 2.05) is 0 Å². The zero-order chi connectivity index (χ0) is 2.71. The standard InChI is InChI=1S/2ClH.H2O.Sb/h2*1H;1H2;/q;;;+2/p-2. The Hall–Kier alpha value is 1.36. The molecule has 2 N–H and O–H groups in total. The van der Waals surface area contributed by atoms with Gasteiger partial charge in [-0.1, -0.05) is 0 Å². The molecule has 0 amide bonds. The van der Waals surface area contributed by atoms with Gasteiger partial charge in [0.15, 0.2) is 0 Å². The Morgan fingerprint density at radius 1 is 1.25 bits per heavy atom. The normalized spacial score (nSPS) is 4.50. The molecule has 0 rings (SSSR count). The van der Waals surface area contributed by atoms with Crippen LogP contribution >= 0.6 is 17.7 Å². The van der Waals surface area contributed by atoms with Crippen LogP contribution in [-0.4, -0.2) is 24.8 Å². The van der Waals surface area contributed by atoms with Crippen LogP contribution in [0.25, 0.3) is 0 Å². The second-order valence-corrected chi connectivity index (χ2v) is 3.86. The monoisotopic (exact) mass is 209 g/mol. The summed E-state index contributed by atoms with van der Waals surface area (Å²) in [6.07, 6.45) is 0. The van der Waals surface area contributed by atoms with Crippen LogP contribution in [0.15, 0.2) is 0 Å². The van der Waals surface area contributed by atoms with E-state index in [0.29, 0.717) is 0 Å². The van der Waals surface area contributed by atoms with E-state index in [9.17, 15) is 0 Å². The van der Waals surface area contributed by atoms with Crippen molar-refractivity contribution in [3.8, 4) is 0 Å². The fraction of sp³-hybridized carbons (Fsp3) is 0. The van der Waals surface area contributed by atoms with Crippen LogP contribution in [-0.2, 0) is 0 Å². The first kappa shape index (κ1) is 9.02. The van der Waals surface area contributed by atoms with E-state index in [1.54, 1.807) is 0 Å². The summed E-state index contributed by atoms with van der Waals surface area (Å²) < 4.78 is 0. The molecule has 0 saturated heterocycles. The van der Waals surface area contributed by atoms with Gasteiger partial charge in [0.1, 0.15) is 0 Å². The fourth-order valence-corrected chi connectivity index (χ4v) is 0. The summed E-state index contributed by atoms with van der Waals surface area (Å²) in [4.78, 5) is 0. The predicted molar refractivity (Wildman–Crippen MR) is 21.1 cm³/mol. The molecule has 0 heterocycles. The van der Waals surface area contributed by atoms with Crippen molar-refractivity contribution in [2.75, 3.05) is 0 Å². The Bertz CT molecular complexity index is 6.00. The third-order valence-electron chi connectivity index (χ3n) is 0. The first-order valence-corrected chi connectivity index (χ1v) is 6.80. The SMILES string of the molecule is O.[Cl][Sb][Cl]. The Labute approximate surface area is 42.5 Å². The molecule has 0 aromatic carbocycles. The van der Waals surface area contributed by atoms with Gasteiger partial charge in [-0.3, -0.25) is 0 Å². The molecular weight excluding hydrogens is 209 g/mol. The summed E-state index contributed by atoms with van der Waals surface area (Å²) in [6.45, 7) is 0. The molecular formula is H2Cl2OSb. The molecule has 0 bridgehead atoms. The first-order chi connectivity index (χ1) is 1.41. The van der Waals surface area contributed by atoms with E-state index in [-0.39, 0.29) is 5.48 Å². The van der Waals surface area contributed by atoms with Crippen molar-refractivity contribution in [3.05, 3.63) is 0 Å². The minimum absolute atomic E-state index is 0. The van der Waals surface area contributed by atoms with E-state index < -0.39 is 19.3 Å². The van der Waals surface area contributed by atoms with Crippen molar-refractivity contribution >= 4 is 37.0 Å². The van der Waals surface area contributed by atoms with Crippen molar-refractivity contribution < 1.29 is 5.48 Å². The second kappa shape index (κ2) is 8.84. The van der Waals surface area contributed by atoms with Crippen LogP contribution in [0.3, 0.4) is 0 Å². The summed E-state index contributed by atoms with van der Waals surface area (Å²) in [5.41, 5.74) is 0. The van der Waals surface area contributed by atoms with E-state index in [2.05, 4.69) is 0 Å². The van der Waals surface area contributed by atoms with Crippen LogP contribution in [0.5, 0.6) is 0 Å². The summed E-state index contributed by atoms with van der Waals surface area (Å²) in [5, 5.41) is 0. The van der Waals surface area contributed by atoms with E-state index in [1.165, 1.54) is 0 Å². The van der Waals surface area contributed by atoms with Crippen LogP contribution in [0, 0.1) is 0 Å². The Morgan fingerprint density at radius 2 is 1.25 bits per heavy atom. The van der Waals surface area contributed by atoms with Gasteiger partial charge in [-0.15, -0.1) is 0 Å². The molecule has 1 radical (unpaired) electrons. The molecule has 0 aliphatic carbocycles. The second-order valence-electron chi connectivity index (χ2n) is 0.0639. The molecule has 0 spiro atoms. The molecule has 1 nitrogen and oxygen atoms in total. The summed E-state index contributed by atoms with van der Waals surface area (Å²) in [7, 11) is 9.83. The van der Waals surface area contributed by atoms with Crippen LogP contribution in [0.1, 0.15) is 0 Å². The molecule has 0 fully saturated rings. The van der Waals surface area contributed by atoms with Crippen molar-refractivity contribution in [1.82, 2.24) is 0 Å². The molecule has 0 aliphatic heterocycles. The number of hydrogen-bond donors (Lipinski definition) is 0. The molecule has 0 aromatic rings. The Balaban J connectivity index is 0. The van der Waals surface area contributed by atoms with E-state index in [0.717, 1.165) is 0 Å². The predicted octanol–water partition coefficient (Wildman–Crippen LogP) is 0.173. The molecule has 0 atom stereocenters. The molecule has 0 unspecified atom stereocenters. The topological polar surface area (TPSA) is 31.5 Å². The number of hydrogen-bond acceptors (Lipinski definition) is 0. The third-order valence-corrected chi connectivity index (χ3v) is 0. The minimum atomic E-state index is -0.706. The van der Waals surface area contributed by atoms with Gasteiger partial charge in [-0.05, 0) is 0 Å². The van der Waals surface area contributed by atoms with Crippen LogP contribution in [0.4, 0.5) is 0 Å². The van der Waals surface area contributed by atoms with E-state index >= 15 is 0 Å². The van der Waals surface area contributed by atoms with Gasteiger partial charge in [-0.25, -0.2) is 0 Å². The molecule has 27 valence electrons. The van der Waals surface area contributed by atoms with Gasteiger partial charge in [0.05, 0.1) is 0 Å². The number of rotatable bonds is 0. The van der Waals surface area contributed by atoms with Crippen LogP contribution < -0.4 is 0 Å². The van der Waals surface area contributed by atoms with E-state index in [4.69, 9.17) is 17.7 Å². The Kier molecular flexibility index (Phi) is 19.9. The Morgan fingerprint density at radius 3 is 1.25 bits per heavy atom. The average Bonchev–Trinajstić information content (AvgIpc) is 0.918. The maximum atomic E-state index is 4.91. The molecule has 0 saturated carbocycles.